The molecule has 0 saturated carbocycles. The van der Waals surface area contributed by atoms with Crippen molar-refractivity contribution in [2.24, 2.45) is 0 Å². The summed E-state index contributed by atoms with van der Waals surface area (Å²) in [4.78, 5) is 16.1. The fourth-order valence-corrected chi connectivity index (χ4v) is 0.631. The van der Waals surface area contributed by atoms with Crippen molar-refractivity contribution < 1.29 is 80.8 Å². The van der Waals surface area contributed by atoms with Gasteiger partial charge < -0.3 is 12.6 Å². The van der Waals surface area contributed by atoms with E-state index in [9.17, 15) is 4.57 Å². The molecule has 0 spiro atoms. The first-order valence-corrected chi connectivity index (χ1v) is 3.79. The van der Waals surface area contributed by atoms with Crippen molar-refractivity contribution in [3.63, 3.8) is 0 Å². The summed E-state index contributed by atoms with van der Waals surface area (Å²) in [6.45, 7) is 1.89. The minimum atomic E-state index is -4.18. The van der Waals surface area contributed by atoms with Gasteiger partial charge in [-0.1, -0.05) is 6.92 Å². The summed E-state index contributed by atoms with van der Waals surface area (Å²) in [6, 6.07) is 0. The van der Waals surface area contributed by atoms with E-state index >= 15 is 0 Å². The summed E-state index contributed by atoms with van der Waals surface area (Å²) >= 11 is 0. The molecule has 0 atom stereocenters. The second-order valence-electron chi connectivity index (χ2n) is 1.32. The van der Waals surface area contributed by atoms with Crippen molar-refractivity contribution in [2.75, 3.05) is 6.61 Å². The summed E-state index contributed by atoms with van der Waals surface area (Å²) in [5, 5.41) is 0. The van der Waals surface area contributed by atoms with Crippen molar-refractivity contribution in [2.45, 2.75) is 13.3 Å². The van der Waals surface area contributed by atoms with Crippen LogP contribution < -0.4 is 59.1 Å². The SMILES string of the molecule is CCCOP(=O)(O)O.[H-].[H-].[Na+].[Na+]. The number of phosphoric ester groups is 1. The fraction of sp³-hybridized carbons (Fsp3) is 1.00. The largest absolute Gasteiger partial charge is 1.00 e. The molecule has 10 heavy (non-hydrogen) atoms. The van der Waals surface area contributed by atoms with Gasteiger partial charge in [-0.3, -0.25) is 4.52 Å². The average molecular weight is 188 g/mol. The van der Waals surface area contributed by atoms with Gasteiger partial charge in [-0.05, 0) is 6.42 Å². The Hall–Kier alpha value is 2.11. The molecule has 0 aliphatic rings. The van der Waals surface area contributed by atoms with Gasteiger partial charge in [-0.25, -0.2) is 4.57 Å². The van der Waals surface area contributed by atoms with Gasteiger partial charge in [0.2, 0.25) is 0 Å². The van der Waals surface area contributed by atoms with E-state index in [1.54, 1.807) is 6.92 Å². The van der Waals surface area contributed by atoms with Crippen LogP contribution >= 0.6 is 7.82 Å². The Bertz CT molecular complexity index is 110. The maximum Gasteiger partial charge on any atom is 1.00 e. The molecule has 0 fully saturated rings. The minimum Gasteiger partial charge on any atom is -1.00 e. The third-order valence-corrected chi connectivity index (χ3v) is 0.983. The first-order chi connectivity index (χ1) is 3.56. The molecule has 0 radical (unpaired) electrons. The van der Waals surface area contributed by atoms with Crippen molar-refractivity contribution in [1.29, 1.82) is 0 Å². The molecule has 0 aromatic rings. The summed E-state index contributed by atoms with van der Waals surface area (Å²) < 4.78 is 13.9. The molecule has 0 aromatic carbocycles. The Balaban J connectivity index is -0.0000000408. The van der Waals surface area contributed by atoms with Crippen molar-refractivity contribution in [3.8, 4) is 0 Å². The van der Waals surface area contributed by atoms with Crippen LogP contribution in [0.4, 0.5) is 0 Å². The van der Waals surface area contributed by atoms with Crippen LogP contribution in [0.25, 0.3) is 0 Å². The predicted octanol–water partition coefficient (Wildman–Crippen LogP) is -5.26. The van der Waals surface area contributed by atoms with Crippen LogP contribution in [0.2, 0.25) is 0 Å². The van der Waals surface area contributed by atoms with Gasteiger partial charge in [0, 0.05) is 0 Å². The van der Waals surface area contributed by atoms with Crippen LogP contribution in [0.3, 0.4) is 0 Å². The smallest absolute Gasteiger partial charge is 1.00 e. The molecule has 2 N–H and O–H groups in total. The number of rotatable bonds is 3. The maximum absolute atomic E-state index is 9.86. The van der Waals surface area contributed by atoms with E-state index in [0.717, 1.165) is 0 Å². The van der Waals surface area contributed by atoms with Gasteiger partial charge in [0.1, 0.15) is 0 Å². The van der Waals surface area contributed by atoms with Crippen LogP contribution in [-0.2, 0) is 9.09 Å². The Morgan fingerprint density at radius 3 is 2.00 bits per heavy atom. The zero-order chi connectivity index (χ0) is 6.62. The van der Waals surface area contributed by atoms with Gasteiger partial charge in [0.05, 0.1) is 6.61 Å². The van der Waals surface area contributed by atoms with E-state index in [1.165, 1.54) is 0 Å². The maximum atomic E-state index is 9.86. The van der Waals surface area contributed by atoms with E-state index in [1.807, 2.05) is 0 Å². The molecule has 0 amide bonds. The van der Waals surface area contributed by atoms with Crippen LogP contribution in [0.15, 0.2) is 0 Å². The number of phosphoric acid groups is 1. The molecule has 4 nitrogen and oxygen atoms in total. The number of hydrogen-bond acceptors (Lipinski definition) is 2. The van der Waals surface area contributed by atoms with E-state index in [2.05, 4.69) is 4.52 Å². The molecule has 0 saturated heterocycles. The monoisotopic (exact) mass is 188 g/mol. The normalized spacial score (nSPS) is 9.50. The summed E-state index contributed by atoms with van der Waals surface area (Å²) in [7, 11) is -4.18. The van der Waals surface area contributed by atoms with Crippen LogP contribution in [-0.4, -0.2) is 16.4 Å². The Kier molecular flexibility index (Phi) is 16.6. The molecular formula is C3H11Na2O4P. The van der Waals surface area contributed by atoms with E-state index in [-0.39, 0.29) is 68.6 Å². The van der Waals surface area contributed by atoms with Crippen LogP contribution in [0.1, 0.15) is 16.2 Å². The quantitative estimate of drug-likeness (QED) is 0.343. The summed E-state index contributed by atoms with van der Waals surface area (Å²) in [5.74, 6) is 0. The first kappa shape index (κ1) is 18.0. The molecule has 0 unspecified atom stereocenters. The molecule has 54 valence electrons. The molecule has 0 aliphatic carbocycles. The van der Waals surface area contributed by atoms with Gasteiger partial charge >= 0.3 is 66.9 Å². The third kappa shape index (κ3) is 16.6. The Morgan fingerprint density at radius 2 is 1.90 bits per heavy atom. The first-order valence-electron chi connectivity index (χ1n) is 2.26. The van der Waals surface area contributed by atoms with Crippen molar-refractivity contribution >= 4 is 7.82 Å². The van der Waals surface area contributed by atoms with Gasteiger partial charge in [-0.2, -0.15) is 0 Å². The number of hydrogen-bond donors (Lipinski definition) is 2. The van der Waals surface area contributed by atoms with Gasteiger partial charge in [0.15, 0.2) is 0 Å². The fourth-order valence-electron chi connectivity index (χ4n) is 0.210. The standard InChI is InChI=1S/C3H9O4P.2Na.2H/c1-2-3-7-8(4,5)6;;;;/h2-3H2,1H3,(H2,4,5,6);;;;/q;2*+1;2*-1. The average Bonchev–Trinajstić information content (AvgIpc) is 1.59. The zero-order valence-electron chi connectivity index (χ0n) is 8.57. The van der Waals surface area contributed by atoms with E-state index < -0.39 is 7.82 Å². The summed E-state index contributed by atoms with van der Waals surface area (Å²) in [6.07, 6.45) is 0.616. The second kappa shape index (κ2) is 9.20. The molecule has 0 aliphatic heterocycles. The third-order valence-electron chi connectivity index (χ3n) is 0.464. The van der Waals surface area contributed by atoms with Crippen LogP contribution in [0, 0.1) is 0 Å². The van der Waals surface area contributed by atoms with E-state index in [0.29, 0.717) is 6.42 Å². The van der Waals surface area contributed by atoms with Gasteiger partial charge in [0.25, 0.3) is 0 Å². The summed E-state index contributed by atoms with van der Waals surface area (Å²) in [5.41, 5.74) is 0. The molecule has 7 heteroatoms. The van der Waals surface area contributed by atoms with Crippen molar-refractivity contribution in [1.82, 2.24) is 0 Å². The molecule has 0 rings (SSSR count). The molecular weight excluding hydrogens is 177 g/mol. The predicted molar refractivity (Wildman–Crippen MR) is 30.5 cm³/mol. The Morgan fingerprint density at radius 1 is 1.50 bits per heavy atom. The zero-order valence-corrected chi connectivity index (χ0v) is 11.5. The Labute approximate surface area is 108 Å². The molecule has 0 bridgehead atoms. The molecule has 0 aromatic heterocycles. The van der Waals surface area contributed by atoms with E-state index in [4.69, 9.17) is 9.79 Å². The van der Waals surface area contributed by atoms with Crippen molar-refractivity contribution in [3.05, 3.63) is 0 Å². The van der Waals surface area contributed by atoms with Crippen LogP contribution in [0.5, 0.6) is 0 Å². The molecule has 0 heterocycles. The van der Waals surface area contributed by atoms with Gasteiger partial charge in [-0.15, -0.1) is 0 Å². The second-order valence-corrected chi connectivity index (χ2v) is 2.56. The topological polar surface area (TPSA) is 66.8 Å². The minimum absolute atomic E-state index is 0.